The van der Waals surface area contributed by atoms with Gasteiger partial charge in [0.15, 0.2) is 0 Å². The molecule has 0 unspecified atom stereocenters. The SMILES string of the molecule is CCOc1ccc([C@@H]2C(C#N)=C(SCC(=O)Nc3c(C)cc(Br)cc3C)NC(=O)[C@@H]2C(=O)OC)cc1Cl. The summed E-state index contributed by atoms with van der Waals surface area (Å²) < 4.78 is 11.2. The van der Waals surface area contributed by atoms with Crippen molar-refractivity contribution in [3.8, 4) is 11.8 Å². The normalized spacial score (nSPS) is 17.1. The molecule has 2 aromatic carbocycles. The minimum Gasteiger partial charge on any atom is -0.492 e. The maximum atomic E-state index is 13.0. The van der Waals surface area contributed by atoms with Gasteiger partial charge in [0, 0.05) is 16.1 Å². The van der Waals surface area contributed by atoms with Crippen molar-refractivity contribution in [3.05, 3.63) is 67.1 Å². The smallest absolute Gasteiger partial charge is 0.319 e. The van der Waals surface area contributed by atoms with Crippen LogP contribution in [-0.4, -0.2) is 37.3 Å². The number of carbonyl (C=O) groups is 3. The lowest BCUT2D eigenvalue weighted by Gasteiger charge is -2.31. The second-order valence-electron chi connectivity index (χ2n) is 8.20. The molecule has 0 aliphatic carbocycles. The number of nitrogens with zero attached hydrogens (tertiary/aromatic N) is 1. The van der Waals surface area contributed by atoms with Crippen molar-refractivity contribution < 1.29 is 23.9 Å². The molecule has 37 heavy (non-hydrogen) atoms. The highest BCUT2D eigenvalue weighted by atomic mass is 79.9. The first-order valence-electron chi connectivity index (χ1n) is 11.3. The Morgan fingerprint density at radius 2 is 1.92 bits per heavy atom. The maximum absolute atomic E-state index is 13.0. The van der Waals surface area contributed by atoms with Gasteiger partial charge in [-0.05, 0) is 61.7 Å². The molecule has 0 saturated heterocycles. The fourth-order valence-electron chi connectivity index (χ4n) is 4.08. The summed E-state index contributed by atoms with van der Waals surface area (Å²) in [5.74, 6) is -3.63. The Labute approximate surface area is 232 Å². The van der Waals surface area contributed by atoms with Crippen molar-refractivity contribution >= 4 is 62.8 Å². The van der Waals surface area contributed by atoms with E-state index < -0.39 is 23.7 Å². The summed E-state index contributed by atoms with van der Waals surface area (Å²) in [6.07, 6.45) is 0. The number of amides is 2. The standard InChI is InChI=1S/C26H25BrClN3O5S/c1-5-36-19-7-6-15(10-18(19)28)21-17(11-29)25(31-24(33)22(21)26(34)35-4)37-12-20(32)30-23-13(2)8-16(27)9-14(23)3/h6-10,21-22H,5,12H2,1-4H3,(H,30,32)(H,31,33)/t21-,22-/m1/s1. The Morgan fingerprint density at radius 3 is 2.49 bits per heavy atom. The van der Waals surface area contributed by atoms with Crippen LogP contribution in [0, 0.1) is 31.1 Å². The zero-order valence-corrected chi connectivity index (χ0v) is 23.8. The molecule has 3 rings (SSSR count). The molecule has 194 valence electrons. The third-order valence-corrected chi connectivity index (χ3v) is 7.48. The lowest BCUT2D eigenvalue weighted by molar-refractivity contribution is -0.150. The number of esters is 1. The Balaban J connectivity index is 1.93. The first-order chi connectivity index (χ1) is 17.6. The molecular formula is C26H25BrClN3O5S. The number of nitrogens with one attached hydrogen (secondary N) is 2. The van der Waals surface area contributed by atoms with Crippen LogP contribution in [0.2, 0.25) is 5.02 Å². The van der Waals surface area contributed by atoms with Crippen molar-refractivity contribution in [2.45, 2.75) is 26.7 Å². The molecule has 1 aliphatic rings. The first-order valence-corrected chi connectivity index (χ1v) is 13.4. The van der Waals surface area contributed by atoms with Gasteiger partial charge >= 0.3 is 5.97 Å². The second kappa shape index (κ2) is 12.5. The average Bonchev–Trinajstić information content (AvgIpc) is 2.85. The van der Waals surface area contributed by atoms with Gasteiger partial charge in [-0.2, -0.15) is 5.26 Å². The van der Waals surface area contributed by atoms with Crippen LogP contribution in [0.25, 0.3) is 0 Å². The first kappa shape index (κ1) is 28.6. The third kappa shape index (κ3) is 6.47. The molecule has 0 fully saturated rings. The predicted molar refractivity (Wildman–Crippen MR) is 146 cm³/mol. The Hall–Kier alpha value is -3.00. The van der Waals surface area contributed by atoms with E-state index in [1.54, 1.807) is 18.2 Å². The predicted octanol–water partition coefficient (Wildman–Crippen LogP) is 5.23. The van der Waals surface area contributed by atoms with Gasteiger partial charge < -0.3 is 20.1 Å². The van der Waals surface area contributed by atoms with Crippen molar-refractivity contribution in [3.63, 3.8) is 0 Å². The summed E-state index contributed by atoms with van der Waals surface area (Å²) >= 11 is 10.8. The van der Waals surface area contributed by atoms with Crippen LogP contribution in [0.5, 0.6) is 5.75 Å². The van der Waals surface area contributed by atoms with E-state index in [1.165, 1.54) is 7.11 Å². The zero-order valence-electron chi connectivity index (χ0n) is 20.6. The molecule has 8 nitrogen and oxygen atoms in total. The quantitative estimate of drug-likeness (QED) is 0.312. The van der Waals surface area contributed by atoms with E-state index in [0.29, 0.717) is 23.6 Å². The van der Waals surface area contributed by atoms with Crippen LogP contribution in [0.15, 0.2) is 45.4 Å². The van der Waals surface area contributed by atoms with Gasteiger partial charge in [-0.15, -0.1) is 0 Å². The maximum Gasteiger partial charge on any atom is 0.319 e. The number of carbonyl (C=O) groups excluding carboxylic acids is 3. The Kier molecular flexibility index (Phi) is 9.65. The van der Waals surface area contributed by atoms with E-state index in [4.69, 9.17) is 21.1 Å². The number of ether oxygens (including phenoxy) is 2. The molecule has 0 saturated carbocycles. The molecule has 1 aliphatic heterocycles. The van der Waals surface area contributed by atoms with Gasteiger partial charge in [-0.25, -0.2) is 0 Å². The highest BCUT2D eigenvalue weighted by Gasteiger charge is 2.44. The second-order valence-corrected chi connectivity index (χ2v) is 10.5. The molecule has 0 spiro atoms. The minimum atomic E-state index is -1.31. The fraction of sp³-hybridized carbons (Fsp3) is 0.308. The summed E-state index contributed by atoms with van der Waals surface area (Å²) in [5.41, 5.74) is 3.08. The molecule has 2 atom stereocenters. The van der Waals surface area contributed by atoms with Gasteiger partial charge in [0.05, 0.1) is 41.2 Å². The Morgan fingerprint density at radius 1 is 1.24 bits per heavy atom. The molecule has 1 heterocycles. The molecule has 2 aromatic rings. The van der Waals surface area contributed by atoms with E-state index in [1.807, 2.05) is 32.9 Å². The lowest BCUT2D eigenvalue weighted by atomic mass is 9.78. The number of nitriles is 1. The molecule has 0 bridgehead atoms. The van der Waals surface area contributed by atoms with E-state index in [2.05, 4.69) is 32.6 Å². The van der Waals surface area contributed by atoms with Gasteiger partial charge in [0.2, 0.25) is 11.8 Å². The number of hydrogen-bond acceptors (Lipinski definition) is 7. The number of halogens is 2. The third-order valence-electron chi connectivity index (χ3n) is 5.71. The lowest BCUT2D eigenvalue weighted by Crippen LogP contribution is -2.44. The fourth-order valence-corrected chi connectivity index (χ4v) is 5.86. The number of methoxy groups -OCH3 is 1. The van der Waals surface area contributed by atoms with Gasteiger partial charge in [-0.1, -0.05) is 45.4 Å². The molecule has 2 N–H and O–H groups in total. The highest BCUT2D eigenvalue weighted by molar-refractivity contribution is 9.10. The number of aryl methyl sites for hydroxylation is 2. The topological polar surface area (TPSA) is 118 Å². The zero-order chi connectivity index (χ0) is 27.3. The molecule has 2 amide bonds. The van der Waals surface area contributed by atoms with Crippen LogP contribution in [-0.2, 0) is 19.1 Å². The van der Waals surface area contributed by atoms with E-state index in [0.717, 1.165) is 27.4 Å². The molecule has 0 aromatic heterocycles. The van der Waals surface area contributed by atoms with Crippen molar-refractivity contribution in [1.82, 2.24) is 5.32 Å². The van der Waals surface area contributed by atoms with Gasteiger partial charge in [0.25, 0.3) is 0 Å². The van der Waals surface area contributed by atoms with Crippen LogP contribution >= 0.6 is 39.3 Å². The van der Waals surface area contributed by atoms with Crippen LogP contribution in [0.1, 0.15) is 29.5 Å². The largest absolute Gasteiger partial charge is 0.492 e. The summed E-state index contributed by atoms with van der Waals surface area (Å²) in [5, 5.41) is 16.1. The van der Waals surface area contributed by atoms with Crippen LogP contribution in [0.3, 0.4) is 0 Å². The minimum absolute atomic E-state index is 0.0740. The van der Waals surface area contributed by atoms with Crippen LogP contribution in [0.4, 0.5) is 5.69 Å². The number of anilines is 1. The van der Waals surface area contributed by atoms with E-state index in [-0.39, 0.29) is 27.3 Å². The molecule has 0 radical (unpaired) electrons. The number of benzene rings is 2. The monoisotopic (exact) mass is 605 g/mol. The van der Waals surface area contributed by atoms with Crippen molar-refractivity contribution in [2.75, 3.05) is 24.8 Å². The summed E-state index contributed by atoms with van der Waals surface area (Å²) in [6.45, 7) is 6.00. The highest BCUT2D eigenvalue weighted by Crippen LogP contribution is 2.42. The molecule has 11 heteroatoms. The van der Waals surface area contributed by atoms with Crippen LogP contribution < -0.4 is 15.4 Å². The average molecular weight is 607 g/mol. The van der Waals surface area contributed by atoms with E-state index in [9.17, 15) is 19.6 Å². The molecular weight excluding hydrogens is 582 g/mol. The summed E-state index contributed by atoms with van der Waals surface area (Å²) in [7, 11) is 1.17. The summed E-state index contributed by atoms with van der Waals surface area (Å²) in [4.78, 5) is 38.4. The van der Waals surface area contributed by atoms with Crippen molar-refractivity contribution in [1.29, 1.82) is 5.26 Å². The number of rotatable bonds is 8. The van der Waals surface area contributed by atoms with Crippen molar-refractivity contribution in [2.24, 2.45) is 5.92 Å². The number of allylic oxidation sites excluding steroid dienone is 1. The Bertz CT molecular complexity index is 1300. The number of hydrogen-bond donors (Lipinski definition) is 2. The van der Waals surface area contributed by atoms with E-state index >= 15 is 0 Å². The van der Waals surface area contributed by atoms with Gasteiger partial charge in [-0.3, -0.25) is 14.4 Å². The van der Waals surface area contributed by atoms with Gasteiger partial charge in [0.1, 0.15) is 11.7 Å². The number of thioether (sulfide) groups is 1. The summed E-state index contributed by atoms with van der Waals surface area (Å²) in [6, 6.07) is 10.8.